The smallest absolute Gasteiger partial charge is 0.253 e. The number of rotatable bonds is 4. The molecule has 2 aromatic rings. The van der Waals surface area contributed by atoms with Crippen molar-refractivity contribution in [2.45, 2.75) is 27.3 Å². The Hall–Kier alpha value is -2.43. The summed E-state index contributed by atoms with van der Waals surface area (Å²) in [6, 6.07) is 5.95. The van der Waals surface area contributed by atoms with E-state index in [4.69, 9.17) is 0 Å². The second kappa shape index (κ2) is 5.69. The Morgan fingerprint density at radius 2 is 2.00 bits per heavy atom. The summed E-state index contributed by atoms with van der Waals surface area (Å²) in [5.41, 5.74) is 3.66. The first-order valence-electron chi connectivity index (χ1n) is 6.38. The van der Waals surface area contributed by atoms with Crippen LogP contribution in [0.1, 0.15) is 18.1 Å². The Morgan fingerprint density at radius 1 is 1.35 bits per heavy atom. The van der Waals surface area contributed by atoms with Crippen LogP contribution in [-0.2, 0) is 11.3 Å². The summed E-state index contributed by atoms with van der Waals surface area (Å²) in [6.45, 7) is 9.86. The van der Waals surface area contributed by atoms with Gasteiger partial charge in [0.05, 0.1) is 5.69 Å². The third-order valence-electron chi connectivity index (χ3n) is 3.06. The fourth-order valence-electron chi connectivity index (χ4n) is 2.21. The first-order valence-corrected chi connectivity index (χ1v) is 6.38. The van der Waals surface area contributed by atoms with Crippen LogP contribution in [0, 0.1) is 13.8 Å². The standard InChI is InChI=1S/C15H18N4O/c1-11(2)19(14(20)8-18-10-16-9-17-18)15-12(3)6-5-7-13(15)4/h5-7,9-10H,1,8H2,2-4H3. The number of benzene rings is 1. The summed E-state index contributed by atoms with van der Waals surface area (Å²) in [6.07, 6.45) is 2.94. The molecule has 0 aliphatic carbocycles. The van der Waals surface area contributed by atoms with E-state index in [1.54, 1.807) is 4.90 Å². The molecule has 0 radical (unpaired) electrons. The number of aromatic nitrogens is 3. The third-order valence-corrected chi connectivity index (χ3v) is 3.06. The zero-order valence-electron chi connectivity index (χ0n) is 12.0. The predicted octanol–water partition coefficient (Wildman–Crippen LogP) is 2.46. The number of hydrogen-bond donors (Lipinski definition) is 0. The van der Waals surface area contributed by atoms with Crippen LogP contribution in [0.3, 0.4) is 0 Å². The Balaban J connectivity index is 2.36. The second-order valence-corrected chi connectivity index (χ2v) is 4.80. The van der Waals surface area contributed by atoms with Gasteiger partial charge >= 0.3 is 0 Å². The molecule has 0 N–H and O–H groups in total. The van der Waals surface area contributed by atoms with Gasteiger partial charge in [-0.2, -0.15) is 5.10 Å². The van der Waals surface area contributed by atoms with Gasteiger partial charge in [0.15, 0.2) is 0 Å². The lowest BCUT2D eigenvalue weighted by Gasteiger charge is -2.26. The molecule has 1 amide bonds. The number of anilines is 1. The molecule has 0 unspecified atom stereocenters. The van der Waals surface area contributed by atoms with E-state index in [2.05, 4.69) is 16.7 Å². The van der Waals surface area contributed by atoms with E-state index in [0.29, 0.717) is 5.70 Å². The van der Waals surface area contributed by atoms with Crippen molar-refractivity contribution in [3.8, 4) is 0 Å². The monoisotopic (exact) mass is 270 g/mol. The minimum atomic E-state index is -0.0830. The fourth-order valence-corrected chi connectivity index (χ4v) is 2.21. The van der Waals surface area contributed by atoms with E-state index in [9.17, 15) is 4.79 Å². The minimum Gasteiger partial charge on any atom is -0.284 e. The molecule has 5 nitrogen and oxygen atoms in total. The van der Waals surface area contributed by atoms with E-state index < -0.39 is 0 Å². The summed E-state index contributed by atoms with van der Waals surface area (Å²) in [7, 11) is 0. The Bertz CT molecular complexity index is 611. The highest BCUT2D eigenvalue weighted by molar-refractivity contribution is 5.97. The lowest BCUT2D eigenvalue weighted by molar-refractivity contribution is -0.118. The summed E-state index contributed by atoms with van der Waals surface area (Å²) in [5, 5.41) is 3.96. The van der Waals surface area contributed by atoms with Gasteiger partial charge in [-0.15, -0.1) is 0 Å². The van der Waals surface area contributed by atoms with Gasteiger partial charge < -0.3 is 0 Å². The number of nitrogens with zero attached hydrogens (tertiary/aromatic N) is 4. The van der Waals surface area contributed by atoms with Gasteiger partial charge in [-0.3, -0.25) is 9.69 Å². The first-order chi connectivity index (χ1) is 9.50. The molecular formula is C15H18N4O. The average molecular weight is 270 g/mol. The van der Waals surface area contributed by atoms with Crippen LogP contribution < -0.4 is 4.90 Å². The van der Waals surface area contributed by atoms with E-state index in [1.807, 2.05) is 39.0 Å². The molecular weight excluding hydrogens is 252 g/mol. The number of para-hydroxylation sites is 1. The first kappa shape index (κ1) is 14.0. The lowest BCUT2D eigenvalue weighted by atomic mass is 10.1. The third kappa shape index (κ3) is 2.77. The van der Waals surface area contributed by atoms with Crippen LogP contribution in [-0.4, -0.2) is 20.7 Å². The maximum atomic E-state index is 12.5. The lowest BCUT2D eigenvalue weighted by Crippen LogP contribution is -2.33. The molecule has 0 spiro atoms. The van der Waals surface area contributed by atoms with Crippen molar-refractivity contribution in [3.05, 3.63) is 54.3 Å². The van der Waals surface area contributed by atoms with E-state index in [1.165, 1.54) is 17.3 Å². The van der Waals surface area contributed by atoms with Crippen LogP contribution in [0.15, 0.2) is 43.1 Å². The van der Waals surface area contributed by atoms with E-state index in [-0.39, 0.29) is 12.5 Å². The number of hydrogen-bond acceptors (Lipinski definition) is 3. The maximum Gasteiger partial charge on any atom is 0.253 e. The molecule has 0 saturated carbocycles. The molecule has 104 valence electrons. The molecule has 0 aliphatic heterocycles. The summed E-state index contributed by atoms with van der Waals surface area (Å²) < 4.78 is 1.51. The minimum absolute atomic E-state index is 0.0830. The van der Waals surface area contributed by atoms with Crippen molar-refractivity contribution in [1.82, 2.24) is 14.8 Å². The highest BCUT2D eigenvalue weighted by Crippen LogP contribution is 2.27. The van der Waals surface area contributed by atoms with Crippen molar-refractivity contribution in [2.75, 3.05) is 4.90 Å². The van der Waals surface area contributed by atoms with Crippen molar-refractivity contribution >= 4 is 11.6 Å². The van der Waals surface area contributed by atoms with Gasteiger partial charge in [-0.1, -0.05) is 24.8 Å². The average Bonchev–Trinajstić information content (AvgIpc) is 2.86. The van der Waals surface area contributed by atoms with Crippen LogP contribution in [0.5, 0.6) is 0 Å². The maximum absolute atomic E-state index is 12.5. The quantitative estimate of drug-likeness (QED) is 0.857. The van der Waals surface area contributed by atoms with Crippen LogP contribution in [0.4, 0.5) is 5.69 Å². The molecule has 1 aromatic carbocycles. The normalized spacial score (nSPS) is 10.3. The topological polar surface area (TPSA) is 51.0 Å². The molecule has 1 aromatic heterocycles. The van der Waals surface area contributed by atoms with Gasteiger partial charge in [0.25, 0.3) is 5.91 Å². The second-order valence-electron chi connectivity index (χ2n) is 4.80. The number of carbonyl (C=O) groups excluding carboxylic acids is 1. The molecule has 0 saturated heterocycles. The van der Waals surface area contributed by atoms with E-state index >= 15 is 0 Å². The number of aryl methyl sites for hydroxylation is 2. The van der Waals surface area contributed by atoms with Crippen LogP contribution >= 0.6 is 0 Å². The molecule has 0 bridgehead atoms. The van der Waals surface area contributed by atoms with Gasteiger partial charge in [-0.05, 0) is 31.9 Å². The van der Waals surface area contributed by atoms with Gasteiger partial charge in [0, 0.05) is 5.70 Å². The number of allylic oxidation sites excluding steroid dienone is 1. The number of carbonyl (C=O) groups is 1. The Morgan fingerprint density at radius 3 is 2.50 bits per heavy atom. The van der Waals surface area contributed by atoms with Crippen molar-refractivity contribution in [1.29, 1.82) is 0 Å². The highest BCUT2D eigenvalue weighted by Gasteiger charge is 2.20. The predicted molar refractivity (Wildman–Crippen MR) is 78.2 cm³/mol. The molecule has 20 heavy (non-hydrogen) atoms. The Kier molecular flexibility index (Phi) is 3.98. The molecule has 5 heteroatoms. The van der Waals surface area contributed by atoms with Gasteiger partial charge in [0.2, 0.25) is 0 Å². The van der Waals surface area contributed by atoms with Gasteiger partial charge in [-0.25, -0.2) is 9.67 Å². The number of amides is 1. The fraction of sp³-hybridized carbons (Fsp3) is 0.267. The van der Waals surface area contributed by atoms with Crippen molar-refractivity contribution in [3.63, 3.8) is 0 Å². The van der Waals surface area contributed by atoms with Crippen LogP contribution in [0.25, 0.3) is 0 Å². The summed E-state index contributed by atoms with van der Waals surface area (Å²) >= 11 is 0. The van der Waals surface area contributed by atoms with Crippen molar-refractivity contribution in [2.24, 2.45) is 0 Å². The molecule has 0 aliphatic rings. The SMILES string of the molecule is C=C(C)N(C(=O)Cn1cncn1)c1c(C)cccc1C. The largest absolute Gasteiger partial charge is 0.284 e. The van der Waals surface area contributed by atoms with Gasteiger partial charge in [0.1, 0.15) is 19.2 Å². The molecule has 1 heterocycles. The van der Waals surface area contributed by atoms with Crippen LogP contribution in [0.2, 0.25) is 0 Å². The van der Waals surface area contributed by atoms with E-state index in [0.717, 1.165) is 16.8 Å². The Labute approximate surface area is 118 Å². The molecule has 2 rings (SSSR count). The van der Waals surface area contributed by atoms with Crippen molar-refractivity contribution < 1.29 is 4.79 Å². The zero-order chi connectivity index (χ0) is 14.7. The summed E-state index contributed by atoms with van der Waals surface area (Å²) in [5.74, 6) is -0.0830. The zero-order valence-corrected chi connectivity index (χ0v) is 12.0. The highest BCUT2D eigenvalue weighted by atomic mass is 16.2. The molecule has 0 atom stereocenters. The summed E-state index contributed by atoms with van der Waals surface area (Å²) in [4.78, 5) is 18.0. The molecule has 0 fully saturated rings.